The Balaban J connectivity index is -0.000000389. The normalized spacial score (nSPS) is 13.2. The molecule has 37 nitrogen and oxygen atoms in total. The van der Waals surface area contributed by atoms with Gasteiger partial charge in [0.1, 0.15) is 21.5 Å². The molecule has 15 N–H and O–H groups in total. The highest BCUT2D eigenvalue weighted by Gasteiger charge is 2.43. The maximum Gasteiger partial charge on any atom is 0.335 e. The lowest BCUT2D eigenvalue weighted by atomic mass is 10.1. The minimum absolute atomic E-state index is 0.535. The van der Waals surface area contributed by atoms with Crippen LogP contribution in [0.15, 0.2) is 23.1 Å². The molecule has 0 spiro atoms. The Kier molecular flexibility index (Phi) is 28.5. The molecule has 0 aliphatic heterocycles. The lowest BCUT2D eigenvalue weighted by Gasteiger charge is -2.19. The van der Waals surface area contributed by atoms with Crippen molar-refractivity contribution in [2.24, 2.45) is 0 Å². The monoisotopic (exact) mass is 1150 g/mol. The average molecular weight is 1150 g/mol. The number of benzene rings is 1. The van der Waals surface area contributed by atoms with E-state index in [-0.39, 0.29) is 0 Å². The number of rotatable bonds is 22. The summed E-state index contributed by atoms with van der Waals surface area (Å²) in [7, 11) is -33.5. The number of carboxylic acid groups (broad SMARTS) is 8. The Bertz CT molecular complexity index is 2760. The van der Waals surface area contributed by atoms with Crippen molar-refractivity contribution in [3.63, 3.8) is 0 Å². The number of carbonyl (C=O) groups is 8. The third-order valence-corrected chi connectivity index (χ3v) is 13.9. The quantitative estimate of drug-likeness (QED) is 0.0487. The molecule has 1 aromatic rings. The molecule has 3 atom stereocenters. The molecule has 0 saturated heterocycles. The molecule has 0 fully saturated rings. The molecule has 400 valence electrons. The zero-order valence-corrected chi connectivity index (χ0v) is 38.8. The third-order valence-electron chi connectivity index (χ3n) is 6.43. The van der Waals surface area contributed by atoms with E-state index in [4.69, 9.17) is 72.7 Å². The van der Waals surface area contributed by atoms with E-state index in [1.54, 1.807) is 0 Å². The van der Waals surface area contributed by atoms with Crippen LogP contribution in [0.3, 0.4) is 0 Å². The molecule has 44 heteroatoms. The molecule has 3 unspecified atom stereocenters. The summed E-state index contributed by atoms with van der Waals surface area (Å²) in [4.78, 5) is 81.1. The molecule has 0 radical (unpaired) electrons. The highest BCUT2D eigenvalue weighted by molar-refractivity contribution is 7.91. The Labute approximate surface area is 385 Å². The van der Waals surface area contributed by atoms with Crippen LogP contribution < -0.4 is 0 Å². The van der Waals surface area contributed by atoms with Crippen molar-refractivity contribution >= 4 is 119 Å². The van der Waals surface area contributed by atoms with E-state index in [0.29, 0.717) is 12.1 Å². The fraction of sp³-hybridized carbons (Fsp3) is 0.440. The third kappa shape index (κ3) is 36.1. The van der Waals surface area contributed by atoms with Crippen LogP contribution >= 0.6 is 0 Å². The van der Waals surface area contributed by atoms with Crippen molar-refractivity contribution in [1.82, 2.24) is 0 Å². The van der Waals surface area contributed by atoms with Gasteiger partial charge >= 0.3 is 47.8 Å². The second-order valence-electron chi connectivity index (χ2n) is 12.0. The van der Waals surface area contributed by atoms with Gasteiger partial charge in [-0.2, -0.15) is 58.9 Å². The van der Waals surface area contributed by atoms with Crippen molar-refractivity contribution in [3.8, 4) is 0 Å². The molecule has 0 aliphatic carbocycles. The molecule has 1 rings (SSSR count). The molecule has 0 aromatic heterocycles. The zero-order valence-electron chi connectivity index (χ0n) is 33.0. The fourth-order valence-electron chi connectivity index (χ4n) is 3.56. The Morgan fingerprint density at radius 2 is 0.725 bits per heavy atom. The van der Waals surface area contributed by atoms with Gasteiger partial charge in [0.2, 0.25) is 0 Å². The Hall–Kier alpha value is -5.65. The van der Waals surface area contributed by atoms with Crippen LogP contribution in [0, 0.1) is 0 Å². The summed E-state index contributed by atoms with van der Waals surface area (Å²) in [5.74, 6) is -15.1. The topological polar surface area (TPSA) is 679 Å². The van der Waals surface area contributed by atoms with Crippen molar-refractivity contribution in [2.45, 2.75) is 58.0 Å². The van der Waals surface area contributed by atoms with Crippen molar-refractivity contribution in [2.75, 3.05) is 11.5 Å². The Morgan fingerprint density at radius 1 is 0.406 bits per heavy atom. The molecule has 0 aliphatic rings. The van der Waals surface area contributed by atoms with Crippen LogP contribution in [-0.2, 0) is 99.6 Å². The maximum absolute atomic E-state index is 10.9. The largest absolute Gasteiger partial charge is 0.481 e. The van der Waals surface area contributed by atoms with Crippen LogP contribution in [0.5, 0.6) is 0 Å². The first-order chi connectivity index (χ1) is 30.3. The van der Waals surface area contributed by atoms with Crippen LogP contribution in [0.2, 0.25) is 0 Å². The summed E-state index contributed by atoms with van der Waals surface area (Å²) in [6.07, 6.45) is -5.14. The SMILES string of the molecule is O=C(O)C(CS(=O)(=O)O)S(=O)(=O)O.O=C(O)CC(C(CC(=O)O)S(=O)(=O)O)S(=O)(=O)O.O=C(O)CC(CC(=O)O)S(=O)(=O)O.O=C(O)CCS(=O)(=O)O.O=C(O)c1cc(C(=O)O)cc(S(=O)(=O)O)c1. The predicted octanol–water partition coefficient (Wildman–Crippen LogP) is -4.47. The van der Waals surface area contributed by atoms with Crippen LogP contribution in [0.4, 0.5) is 0 Å². The number of aromatic carboxylic acids is 2. The number of carboxylic acids is 8. The maximum atomic E-state index is 10.9. The van der Waals surface area contributed by atoms with Crippen molar-refractivity contribution in [1.29, 1.82) is 0 Å². The summed E-state index contributed by atoms with van der Waals surface area (Å²) in [6.45, 7) is 0. The fourth-order valence-corrected chi connectivity index (χ4v) is 9.74. The van der Waals surface area contributed by atoms with Gasteiger partial charge in [-0.1, -0.05) is 0 Å². The van der Waals surface area contributed by atoms with Gasteiger partial charge in [-0.25, -0.2) is 9.59 Å². The second kappa shape index (κ2) is 28.1. The standard InChI is InChI=1S/C8H6O7S.C6H10O10S2.C5H8O7S.C3H6O8S2.C3H6O5S/c9-7(10)4-1-5(8(11)12)3-6(2-4)16(13,14)15;7-5(8)1-3(17(11,12)13)4(2-6(9)10)18(14,15)16;6-4(7)1-3(2-5(8)9)13(10,11)12;4-3(5)2(13(9,10)11)1-12(6,7)8;4-3(5)1-2-9(6,7)8/h1-3H,(H,9,10)(H,11,12)(H,13,14,15);3-4H,1-2H2,(H,7,8)(H,9,10)(H,11,12,13)(H,14,15,16);3H,1-2H2,(H,6,7)(H,8,9)(H,10,11,12);2H,1H2,(H,4,5)(H,6,7,8)(H,9,10,11);1-2H2,(H,4,5)(H,6,7,8). The smallest absolute Gasteiger partial charge is 0.335 e. The second-order valence-corrected chi connectivity index (χ2v) is 23.0. The minimum atomic E-state index is -5.17. The van der Waals surface area contributed by atoms with E-state index in [2.05, 4.69) is 0 Å². The lowest BCUT2D eigenvalue weighted by Crippen LogP contribution is -2.42. The Morgan fingerprint density at radius 3 is 0.870 bits per heavy atom. The number of aliphatic carboxylic acids is 6. The number of hydrogen-bond acceptors (Lipinski definition) is 22. The average Bonchev–Trinajstić information content (AvgIpc) is 3.08. The summed E-state index contributed by atoms with van der Waals surface area (Å²) in [5, 5.41) is 57.2. The highest BCUT2D eigenvalue weighted by atomic mass is 32.2. The lowest BCUT2D eigenvalue weighted by molar-refractivity contribution is -0.139. The van der Waals surface area contributed by atoms with Gasteiger partial charge in [-0.15, -0.1) is 0 Å². The highest BCUT2D eigenvalue weighted by Crippen LogP contribution is 2.20. The van der Waals surface area contributed by atoms with E-state index in [9.17, 15) is 97.3 Å². The van der Waals surface area contributed by atoms with Gasteiger partial charge in [0.15, 0.2) is 5.25 Å². The first-order valence-corrected chi connectivity index (χ1v) is 26.6. The molecular formula is C25H36O37S7. The molecule has 0 heterocycles. The van der Waals surface area contributed by atoms with Gasteiger partial charge < -0.3 is 40.9 Å². The molecule has 0 saturated carbocycles. The van der Waals surface area contributed by atoms with Crippen LogP contribution in [0.1, 0.15) is 52.8 Å². The van der Waals surface area contributed by atoms with Gasteiger partial charge in [-0.3, -0.25) is 60.6 Å². The van der Waals surface area contributed by atoms with E-state index in [0.717, 1.165) is 6.07 Å². The van der Waals surface area contributed by atoms with E-state index in [1.165, 1.54) is 0 Å². The van der Waals surface area contributed by atoms with Gasteiger partial charge in [0, 0.05) is 0 Å². The predicted molar refractivity (Wildman–Crippen MR) is 213 cm³/mol. The molecule has 69 heavy (non-hydrogen) atoms. The molecule has 0 amide bonds. The summed E-state index contributed by atoms with van der Waals surface area (Å²) >= 11 is 0. The molecule has 0 bridgehead atoms. The molecule has 1 aromatic carbocycles. The first-order valence-electron chi connectivity index (χ1n) is 15.9. The molecular weight excluding hydrogens is 1120 g/mol. The van der Waals surface area contributed by atoms with E-state index >= 15 is 0 Å². The van der Waals surface area contributed by atoms with Crippen molar-refractivity contribution in [3.05, 3.63) is 29.3 Å². The summed E-state index contributed by atoms with van der Waals surface area (Å²) in [5.41, 5.74) is -1.07. The minimum Gasteiger partial charge on any atom is -0.481 e. The first kappa shape index (κ1) is 69.9. The summed E-state index contributed by atoms with van der Waals surface area (Å²) < 4.78 is 205. The van der Waals surface area contributed by atoms with Gasteiger partial charge in [0.25, 0.3) is 70.8 Å². The number of hydrogen-bond donors (Lipinski definition) is 15. The van der Waals surface area contributed by atoms with Crippen LogP contribution in [0.25, 0.3) is 0 Å². The van der Waals surface area contributed by atoms with E-state index < -0.39 is 199 Å². The van der Waals surface area contributed by atoms with E-state index in [1.807, 2.05) is 0 Å². The van der Waals surface area contributed by atoms with Gasteiger partial charge in [0.05, 0.1) is 53.9 Å². The van der Waals surface area contributed by atoms with Crippen molar-refractivity contribution < 1.29 is 170 Å². The zero-order chi connectivity index (χ0) is 56.2. The van der Waals surface area contributed by atoms with Gasteiger partial charge in [-0.05, 0) is 18.2 Å². The summed E-state index contributed by atoms with van der Waals surface area (Å²) in [6, 6.07) is 2.13. The van der Waals surface area contributed by atoms with Crippen LogP contribution in [-0.4, -0.2) is 212 Å².